The number of nitrogens with one attached hydrogen (secondary N) is 1. The molecular weight excluding hydrogens is 210 g/mol. The van der Waals surface area contributed by atoms with E-state index < -0.39 is 0 Å². The molecule has 0 atom stereocenters. The number of piperidine rings is 1. The van der Waals surface area contributed by atoms with E-state index in [1.54, 1.807) is 0 Å². The van der Waals surface area contributed by atoms with Crippen LogP contribution >= 0.6 is 0 Å². The fraction of sp³-hybridized carbons (Fsp3) is 1.00. The summed E-state index contributed by atoms with van der Waals surface area (Å²) in [4.78, 5) is 4.85. The van der Waals surface area contributed by atoms with Crippen LogP contribution in [-0.2, 0) is 0 Å². The van der Waals surface area contributed by atoms with Gasteiger partial charge in [0, 0.05) is 12.1 Å². The molecule has 3 heteroatoms. The van der Waals surface area contributed by atoms with Gasteiger partial charge in [-0.15, -0.1) is 0 Å². The molecule has 1 aliphatic rings. The lowest BCUT2D eigenvalue weighted by Gasteiger charge is -2.29. The number of likely N-dealkylation sites (tertiary alicyclic amines) is 1. The lowest BCUT2D eigenvalue weighted by atomic mass is 10.1. The average molecular weight is 241 g/mol. The molecule has 1 aliphatic heterocycles. The van der Waals surface area contributed by atoms with E-state index in [9.17, 15) is 0 Å². The minimum Gasteiger partial charge on any atom is -0.314 e. The molecule has 0 spiro atoms. The summed E-state index contributed by atoms with van der Waals surface area (Å²) in [6.45, 7) is 9.46. The highest BCUT2D eigenvalue weighted by molar-refractivity contribution is 4.75. The van der Waals surface area contributed by atoms with Crippen LogP contribution in [0.4, 0.5) is 0 Å². The first kappa shape index (κ1) is 14.9. The lowest BCUT2D eigenvalue weighted by Crippen LogP contribution is -2.41. The Morgan fingerprint density at radius 2 is 1.88 bits per heavy atom. The van der Waals surface area contributed by atoms with Crippen LogP contribution in [0.1, 0.15) is 39.5 Å². The molecule has 0 aromatic rings. The largest absolute Gasteiger partial charge is 0.314 e. The second-order valence-corrected chi connectivity index (χ2v) is 5.81. The normalized spacial score (nSPS) is 19.4. The van der Waals surface area contributed by atoms with Crippen molar-refractivity contribution in [2.24, 2.45) is 0 Å². The predicted octanol–water partition coefficient (Wildman–Crippen LogP) is 1.79. The van der Waals surface area contributed by atoms with Crippen molar-refractivity contribution in [3.63, 3.8) is 0 Å². The van der Waals surface area contributed by atoms with Crippen LogP contribution in [0.3, 0.4) is 0 Å². The summed E-state index contributed by atoms with van der Waals surface area (Å²) >= 11 is 0. The zero-order valence-corrected chi connectivity index (χ0v) is 12.2. The third-order valence-corrected chi connectivity index (χ3v) is 3.97. The molecule has 0 saturated carbocycles. The van der Waals surface area contributed by atoms with E-state index >= 15 is 0 Å². The molecule has 0 radical (unpaired) electrons. The van der Waals surface area contributed by atoms with Gasteiger partial charge >= 0.3 is 0 Å². The number of hydrogen-bond acceptors (Lipinski definition) is 3. The first-order chi connectivity index (χ1) is 8.09. The van der Waals surface area contributed by atoms with E-state index in [4.69, 9.17) is 0 Å². The van der Waals surface area contributed by atoms with Crippen LogP contribution in [0.15, 0.2) is 0 Å². The zero-order valence-electron chi connectivity index (χ0n) is 12.2. The van der Waals surface area contributed by atoms with Crippen LogP contribution < -0.4 is 5.32 Å². The van der Waals surface area contributed by atoms with Crippen LogP contribution in [0, 0.1) is 0 Å². The van der Waals surface area contributed by atoms with Gasteiger partial charge in [0.25, 0.3) is 0 Å². The Labute approximate surface area is 108 Å². The molecule has 1 heterocycles. The third kappa shape index (κ3) is 6.39. The van der Waals surface area contributed by atoms with Gasteiger partial charge in [-0.3, -0.25) is 0 Å². The quantitative estimate of drug-likeness (QED) is 0.686. The highest BCUT2D eigenvalue weighted by Gasteiger charge is 2.15. The summed E-state index contributed by atoms with van der Waals surface area (Å²) in [5.74, 6) is 0. The molecule has 0 amide bonds. The predicted molar refractivity (Wildman–Crippen MR) is 75.5 cm³/mol. The summed E-state index contributed by atoms with van der Waals surface area (Å²) < 4.78 is 0. The van der Waals surface area contributed by atoms with Gasteiger partial charge in [-0.25, -0.2) is 0 Å². The number of unbranched alkanes of at least 4 members (excludes halogenated alkanes) is 1. The summed E-state index contributed by atoms with van der Waals surface area (Å²) in [5, 5.41) is 3.70. The maximum Gasteiger partial charge on any atom is 0.00914 e. The lowest BCUT2D eigenvalue weighted by molar-refractivity contribution is 0.232. The standard InChI is InChI=1S/C14H31N3/c1-13(2)17(4)10-6-5-9-15-14-7-11-16(3)12-8-14/h13-15H,5-12H2,1-4H3. The molecule has 1 fully saturated rings. The molecule has 0 bridgehead atoms. The van der Waals surface area contributed by atoms with Gasteiger partial charge in [-0.05, 0) is 79.8 Å². The smallest absolute Gasteiger partial charge is 0.00914 e. The van der Waals surface area contributed by atoms with Crippen molar-refractivity contribution < 1.29 is 0 Å². The highest BCUT2D eigenvalue weighted by Crippen LogP contribution is 2.08. The first-order valence-corrected chi connectivity index (χ1v) is 7.21. The maximum atomic E-state index is 3.70. The second kappa shape index (κ2) is 8.06. The van der Waals surface area contributed by atoms with E-state index in [-0.39, 0.29) is 0 Å². The average Bonchev–Trinajstić information content (AvgIpc) is 2.30. The van der Waals surface area contributed by atoms with E-state index in [2.05, 4.69) is 43.1 Å². The maximum absolute atomic E-state index is 3.70. The summed E-state index contributed by atoms with van der Waals surface area (Å²) in [5.41, 5.74) is 0. The van der Waals surface area contributed by atoms with Crippen molar-refractivity contribution in [1.82, 2.24) is 15.1 Å². The van der Waals surface area contributed by atoms with E-state index in [0.29, 0.717) is 6.04 Å². The number of rotatable bonds is 7. The molecule has 3 nitrogen and oxygen atoms in total. The Morgan fingerprint density at radius 1 is 1.24 bits per heavy atom. The fourth-order valence-corrected chi connectivity index (χ4v) is 2.26. The first-order valence-electron chi connectivity index (χ1n) is 7.21. The Morgan fingerprint density at radius 3 is 2.47 bits per heavy atom. The Balaban J connectivity index is 1.94. The molecule has 0 aromatic carbocycles. The Kier molecular flexibility index (Phi) is 7.09. The van der Waals surface area contributed by atoms with Gasteiger partial charge in [-0.1, -0.05) is 0 Å². The minimum atomic E-state index is 0.678. The van der Waals surface area contributed by atoms with Crippen LogP contribution in [0.5, 0.6) is 0 Å². The van der Waals surface area contributed by atoms with Crippen molar-refractivity contribution in [2.45, 2.75) is 51.6 Å². The van der Waals surface area contributed by atoms with Crippen molar-refractivity contribution >= 4 is 0 Å². The van der Waals surface area contributed by atoms with E-state index in [1.165, 1.54) is 51.9 Å². The molecule has 1 N–H and O–H groups in total. The minimum absolute atomic E-state index is 0.678. The van der Waals surface area contributed by atoms with Crippen molar-refractivity contribution in [3.8, 4) is 0 Å². The zero-order chi connectivity index (χ0) is 12.7. The van der Waals surface area contributed by atoms with Gasteiger partial charge in [-0.2, -0.15) is 0 Å². The van der Waals surface area contributed by atoms with Gasteiger partial charge in [0.2, 0.25) is 0 Å². The number of hydrogen-bond donors (Lipinski definition) is 1. The monoisotopic (exact) mass is 241 g/mol. The third-order valence-electron chi connectivity index (χ3n) is 3.97. The highest BCUT2D eigenvalue weighted by atomic mass is 15.1. The summed E-state index contributed by atoms with van der Waals surface area (Å²) in [7, 11) is 4.44. The molecule has 0 unspecified atom stereocenters. The van der Waals surface area contributed by atoms with Gasteiger partial charge < -0.3 is 15.1 Å². The van der Waals surface area contributed by atoms with E-state index in [1.807, 2.05) is 0 Å². The van der Waals surface area contributed by atoms with Crippen molar-refractivity contribution in [2.75, 3.05) is 40.3 Å². The summed E-state index contributed by atoms with van der Waals surface area (Å²) in [6.07, 6.45) is 5.27. The fourth-order valence-electron chi connectivity index (χ4n) is 2.26. The van der Waals surface area contributed by atoms with Gasteiger partial charge in [0.15, 0.2) is 0 Å². The molecule has 0 aliphatic carbocycles. The SMILES string of the molecule is CC(C)N(C)CCCCNC1CCN(C)CC1. The Bertz CT molecular complexity index is 186. The van der Waals surface area contributed by atoms with Crippen LogP contribution in [0.2, 0.25) is 0 Å². The molecule has 102 valence electrons. The van der Waals surface area contributed by atoms with Crippen molar-refractivity contribution in [3.05, 3.63) is 0 Å². The van der Waals surface area contributed by atoms with Crippen LogP contribution in [-0.4, -0.2) is 62.2 Å². The Hall–Kier alpha value is -0.120. The van der Waals surface area contributed by atoms with Gasteiger partial charge in [0.05, 0.1) is 0 Å². The van der Waals surface area contributed by atoms with Crippen LogP contribution in [0.25, 0.3) is 0 Å². The molecule has 1 saturated heterocycles. The topological polar surface area (TPSA) is 18.5 Å². The molecular formula is C14H31N3. The molecule has 1 rings (SSSR count). The molecule has 0 aromatic heterocycles. The van der Waals surface area contributed by atoms with E-state index in [0.717, 1.165) is 6.04 Å². The van der Waals surface area contributed by atoms with Gasteiger partial charge in [0.1, 0.15) is 0 Å². The van der Waals surface area contributed by atoms with Crippen molar-refractivity contribution in [1.29, 1.82) is 0 Å². The number of nitrogens with zero attached hydrogens (tertiary/aromatic N) is 2. The summed E-state index contributed by atoms with van der Waals surface area (Å²) in [6, 6.07) is 1.45. The molecule has 17 heavy (non-hydrogen) atoms. The second-order valence-electron chi connectivity index (χ2n) is 5.81.